The van der Waals surface area contributed by atoms with Crippen molar-refractivity contribution < 1.29 is 9.21 Å². The van der Waals surface area contributed by atoms with Gasteiger partial charge in [-0.1, -0.05) is 6.07 Å². The third-order valence-electron chi connectivity index (χ3n) is 4.63. The molecule has 0 aromatic carbocycles. The van der Waals surface area contributed by atoms with Crippen molar-refractivity contribution in [2.24, 2.45) is 0 Å². The normalized spacial score (nSPS) is 11.9. The van der Waals surface area contributed by atoms with Crippen LogP contribution >= 0.6 is 11.3 Å². The number of thiophene rings is 1. The number of hydrogen-bond donors (Lipinski definition) is 2. The predicted molar refractivity (Wildman–Crippen MR) is 106 cm³/mol. The van der Waals surface area contributed by atoms with E-state index in [2.05, 4.69) is 16.7 Å². The van der Waals surface area contributed by atoms with Crippen LogP contribution < -0.4 is 10.6 Å². The maximum absolute atomic E-state index is 12.5. The first-order valence-corrected chi connectivity index (χ1v) is 9.58. The molecular weight excluding hydrogens is 360 g/mol. The standard InChI is InChI=1S/C20H22N4O2S/c1-13-15(3)24(12-16-6-4-8-26-16)20(17(13)10-21)23-19(25)11-22-14(2)18-7-5-9-27-18/h4-9,14,22H,11-12H2,1-3H3,(H,23,25)/t14-/m0/s1. The summed E-state index contributed by atoms with van der Waals surface area (Å²) in [6, 6.07) is 10.0. The van der Waals surface area contributed by atoms with Crippen molar-refractivity contribution in [3.8, 4) is 6.07 Å². The second kappa shape index (κ2) is 8.25. The van der Waals surface area contributed by atoms with E-state index in [1.165, 1.54) is 4.88 Å². The fourth-order valence-corrected chi connectivity index (χ4v) is 3.71. The number of aromatic nitrogens is 1. The van der Waals surface area contributed by atoms with Crippen molar-refractivity contribution in [3.05, 3.63) is 63.4 Å². The SMILES string of the molecule is Cc1c(C#N)c(NC(=O)CN[C@@H](C)c2cccs2)n(Cc2ccco2)c1C. The van der Waals surface area contributed by atoms with E-state index in [4.69, 9.17) is 4.42 Å². The topological polar surface area (TPSA) is 83.0 Å². The van der Waals surface area contributed by atoms with Crippen LogP contribution in [0.3, 0.4) is 0 Å². The van der Waals surface area contributed by atoms with E-state index in [1.54, 1.807) is 17.6 Å². The Bertz CT molecular complexity index is 949. The molecule has 3 aromatic heterocycles. The third-order valence-corrected chi connectivity index (χ3v) is 5.69. The fraction of sp³-hybridized carbons (Fsp3) is 0.300. The van der Waals surface area contributed by atoms with Crippen LogP contribution in [0.2, 0.25) is 0 Å². The molecule has 3 aromatic rings. The highest BCUT2D eigenvalue weighted by Gasteiger charge is 2.20. The van der Waals surface area contributed by atoms with Crippen molar-refractivity contribution >= 4 is 23.1 Å². The molecule has 0 radical (unpaired) electrons. The van der Waals surface area contributed by atoms with Gasteiger partial charge in [-0.2, -0.15) is 5.26 Å². The minimum absolute atomic E-state index is 0.0876. The summed E-state index contributed by atoms with van der Waals surface area (Å²) in [6.07, 6.45) is 1.61. The Hall–Kier alpha value is -2.82. The predicted octanol–water partition coefficient (Wildman–Crippen LogP) is 3.97. The summed E-state index contributed by atoms with van der Waals surface area (Å²) in [5, 5.41) is 17.7. The molecule has 0 saturated heterocycles. The highest BCUT2D eigenvalue weighted by Crippen LogP contribution is 2.27. The van der Waals surface area contributed by atoms with E-state index in [0.717, 1.165) is 17.0 Å². The lowest BCUT2D eigenvalue weighted by Gasteiger charge is -2.14. The first kappa shape index (κ1) is 19.0. The van der Waals surface area contributed by atoms with Gasteiger partial charge in [0.2, 0.25) is 5.91 Å². The highest BCUT2D eigenvalue weighted by atomic mass is 32.1. The molecule has 0 spiro atoms. The van der Waals surface area contributed by atoms with Gasteiger partial charge in [0, 0.05) is 16.6 Å². The Kier molecular flexibility index (Phi) is 5.79. The molecular formula is C20H22N4O2S. The van der Waals surface area contributed by atoms with Crippen LogP contribution in [-0.4, -0.2) is 17.0 Å². The van der Waals surface area contributed by atoms with Crippen LogP contribution in [0.5, 0.6) is 0 Å². The molecule has 2 N–H and O–H groups in total. The number of furan rings is 1. The molecule has 6 nitrogen and oxygen atoms in total. The summed E-state index contributed by atoms with van der Waals surface area (Å²) in [5.74, 6) is 1.09. The van der Waals surface area contributed by atoms with Gasteiger partial charge in [-0.25, -0.2) is 0 Å². The summed E-state index contributed by atoms with van der Waals surface area (Å²) in [6.45, 7) is 6.46. The Morgan fingerprint density at radius 3 is 2.81 bits per heavy atom. The van der Waals surface area contributed by atoms with E-state index in [-0.39, 0.29) is 18.5 Å². The van der Waals surface area contributed by atoms with Gasteiger partial charge in [-0.3, -0.25) is 4.79 Å². The van der Waals surface area contributed by atoms with E-state index in [1.807, 2.05) is 55.0 Å². The molecule has 3 rings (SSSR count). The summed E-state index contributed by atoms with van der Waals surface area (Å²) < 4.78 is 7.34. The van der Waals surface area contributed by atoms with Crippen LogP contribution in [0.1, 0.15) is 40.4 Å². The molecule has 0 fully saturated rings. The van der Waals surface area contributed by atoms with Crippen LogP contribution in [0.4, 0.5) is 5.82 Å². The molecule has 27 heavy (non-hydrogen) atoms. The minimum Gasteiger partial charge on any atom is -0.467 e. The molecule has 0 aliphatic carbocycles. The number of rotatable bonds is 7. The molecule has 0 unspecified atom stereocenters. The molecule has 1 amide bonds. The zero-order chi connectivity index (χ0) is 19.4. The van der Waals surface area contributed by atoms with E-state index in [9.17, 15) is 10.1 Å². The zero-order valence-corrected chi connectivity index (χ0v) is 16.4. The molecule has 0 saturated carbocycles. The van der Waals surface area contributed by atoms with Gasteiger partial charge in [0.25, 0.3) is 0 Å². The lowest BCUT2D eigenvalue weighted by molar-refractivity contribution is -0.115. The molecule has 0 aliphatic heterocycles. The third kappa shape index (κ3) is 4.13. The van der Waals surface area contributed by atoms with Gasteiger partial charge in [-0.15, -0.1) is 11.3 Å². The smallest absolute Gasteiger partial charge is 0.239 e. The van der Waals surface area contributed by atoms with Crippen molar-refractivity contribution in [1.82, 2.24) is 9.88 Å². The van der Waals surface area contributed by atoms with E-state index >= 15 is 0 Å². The summed E-state index contributed by atoms with van der Waals surface area (Å²) >= 11 is 1.65. The van der Waals surface area contributed by atoms with Gasteiger partial charge in [-0.05, 0) is 49.9 Å². The second-order valence-corrected chi connectivity index (χ2v) is 7.36. The summed E-state index contributed by atoms with van der Waals surface area (Å²) in [4.78, 5) is 13.7. The molecule has 1 atom stereocenters. The maximum atomic E-state index is 12.5. The lowest BCUT2D eigenvalue weighted by atomic mass is 10.2. The lowest BCUT2D eigenvalue weighted by Crippen LogP contribution is -2.30. The fourth-order valence-electron chi connectivity index (χ4n) is 2.95. The van der Waals surface area contributed by atoms with Gasteiger partial charge < -0.3 is 19.6 Å². The maximum Gasteiger partial charge on any atom is 0.239 e. The summed E-state index contributed by atoms with van der Waals surface area (Å²) in [5.41, 5.74) is 2.27. The Morgan fingerprint density at radius 2 is 2.19 bits per heavy atom. The largest absolute Gasteiger partial charge is 0.467 e. The highest BCUT2D eigenvalue weighted by molar-refractivity contribution is 7.10. The van der Waals surface area contributed by atoms with E-state index < -0.39 is 0 Å². The van der Waals surface area contributed by atoms with Crippen LogP contribution in [-0.2, 0) is 11.3 Å². The number of anilines is 1. The average Bonchev–Trinajstić information content (AvgIpc) is 3.40. The number of hydrogen-bond acceptors (Lipinski definition) is 5. The molecule has 0 bridgehead atoms. The Balaban J connectivity index is 1.75. The van der Waals surface area contributed by atoms with Crippen molar-refractivity contribution in [3.63, 3.8) is 0 Å². The quantitative estimate of drug-likeness (QED) is 0.648. The first-order valence-electron chi connectivity index (χ1n) is 8.70. The van der Waals surface area contributed by atoms with Gasteiger partial charge in [0.1, 0.15) is 17.6 Å². The van der Waals surface area contributed by atoms with Gasteiger partial charge >= 0.3 is 0 Å². The van der Waals surface area contributed by atoms with Crippen LogP contribution in [0.25, 0.3) is 0 Å². The van der Waals surface area contributed by atoms with Crippen molar-refractivity contribution in [2.75, 3.05) is 11.9 Å². The Labute approximate surface area is 162 Å². The van der Waals surface area contributed by atoms with Crippen molar-refractivity contribution in [1.29, 1.82) is 5.26 Å². The second-order valence-electron chi connectivity index (χ2n) is 6.38. The molecule has 140 valence electrons. The number of nitriles is 1. The minimum atomic E-state index is -0.187. The number of nitrogens with zero attached hydrogens (tertiary/aromatic N) is 2. The monoisotopic (exact) mass is 382 g/mol. The van der Waals surface area contributed by atoms with Crippen LogP contribution in [0, 0.1) is 25.2 Å². The Morgan fingerprint density at radius 1 is 1.37 bits per heavy atom. The van der Waals surface area contributed by atoms with Crippen LogP contribution in [0.15, 0.2) is 40.3 Å². The van der Waals surface area contributed by atoms with E-state index in [0.29, 0.717) is 17.9 Å². The average molecular weight is 382 g/mol. The number of carbonyl (C=O) groups is 1. The number of carbonyl (C=O) groups excluding carboxylic acids is 1. The number of amides is 1. The molecule has 7 heteroatoms. The zero-order valence-electron chi connectivity index (χ0n) is 15.6. The van der Waals surface area contributed by atoms with Crippen molar-refractivity contribution in [2.45, 2.75) is 33.4 Å². The number of nitrogens with one attached hydrogen (secondary N) is 2. The van der Waals surface area contributed by atoms with Gasteiger partial charge in [0.15, 0.2) is 0 Å². The first-order chi connectivity index (χ1) is 13.0. The van der Waals surface area contributed by atoms with Gasteiger partial charge in [0.05, 0.1) is 24.9 Å². The summed E-state index contributed by atoms with van der Waals surface area (Å²) in [7, 11) is 0. The molecule has 3 heterocycles. The molecule has 0 aliphatic rings.